The van der Waals surface area contributed by atoms with Crippen LogP contribution in [0.5, 0.6) is 0 Å². The van der Waals surface area contributed by atoms with Crippen LogP contribution in [-0.2, 0) is 19.1 Å². The van der Waals surface area contributed by atoms with Crippen LogP contribution >= 0.6 is 0 Å². The van der Waals surface area contributed by atoms with Crippen molar-refractivity contribution in [2.45, 2.75) is 51.0 Å². The van der Waals surface area contributed by atoms with Crippen LogP contribution in [0.1, 0.15) is 44.9 Å². The fourth-order valence-corrected chi connectivity index (χ4v) is 3.97. The van der Waals surface area contributed by atoms with Gasteiger partial charge in [0.05, 0.1) is 13.2 Å². The second kappa shape index (κ2) is 8.65. The molecule has 0 bridgehead atoms. The second-order valence-corrected chi connectivity index (χ2v) is 7.12. The van der Waals surface area contributed by atoms with E-state index in [1.54, 1.807) is 4.90 Å². The second-order valence-electron chi connectivity index (χ2n) is 7.12. The van der Waals surface area contributed by atoms with E-state index < -0.39 is 0 Å². The zero-order valence-electron chi connectivity index (χ0n) is 15.0. The van der Waals surface area contributed by atoms with Gasteiger partial charge in [0.1, 0.15) is 6.04 Å². The quantitative estimate of drug-likeness (QED) is 0.745. The molecule has 3 saturated heterocycles. The highest BCUT2D eigenvalue weighted by atomic mass is 16.5. The van der Waals surface area contributed by atoms with Crippen LogP contribution in [-0.4, -0.2) is 84.4 Å². The van der Waals surface area contributed by atoms with E-state index in [4.69, 9.17) is 4.74 Å². The summed E-state index contributed by atoms with van der Waals surface area (Å²) in [7, 11) is 0. The predicted molar refractivity (Wildman–Crippen MR) is 91.8 cm³/mol. The maximum atomic E-state index is 12.7. The molecule has 3 amide bonds. The minimum atomic E-state index is -0.328. The lowest BCUT2D eigenvalue weighted by molar-refractivity contribution is -0.146. The van der Waals surface area contributed by atoms with Gasteiger partial charge in [-0.25, -0.2) is 0 Å². The van der Waals surface area contributed by atoms with Gasteiger partial charge >= 0.3 is 0 Å². The van der Waals surface area contributed by atoms with Crippen molar-refractivity contribution in [3.63, 3.8) is 0 Å². The van der Waals surface area contributed by atoms with Gasteiger partial charge < -0.3 is 19.4 Å². The molecule has 0 unspecified atom stereocenters. The highest BCUT2D eigenvalue weighted by Gasteiger charge is 2.36. The monoisotopic (exact) mass is 351 g/mol. The average Bonchev–Trinajstić information content (AvgIpc) is 3.04. The van der Waals surface area contributed by atoms with Crippen molar-refractivity contribution in [3.05, 3.63) is 0 Å². The number of nitrogens with zero attached hydrogens (tertiary/aromatic N) is 3. The number of likely N-dealkylation sites (tertiary alicyclic amines) is 2. The molecule has 0 aromatic heterocycles. The molecule has 3 heterocycles. The molecule has 0 aromatic carbocycles. The Morgan fingerprint density at radius 3 is 2.60 bits per heavy atom. The molecule has 3 aliphatic heterocycles. The average molecular weight is 351 g/mol. The molecule has 3 fully saturated rings. The molecular formula is C18H29N3O4. The minimum absolute atomic E-state index is 0.00107. The Hall–Kier alpha value is -1.63. The van der Waals surface area contributed by atoms with Gasteiger partial charge in [-0.15, -0.1) is 0 Å². The lowest BCUT2D eigenvalue weighted by atomic mass is 10.1. The Morgan fingerprint density at radius 2 is 1.80 bits per heavy atom. The number of hydrogen-bond donors (Lipinski definition) is 0. The van der Waals surface area contributed by atoms with E-state index in [9.17, 15) is 14.4 Å². The third-order valence-electron chi connectivity index (χ3n) is 5.45. The summed E-state index contributed by atoms with van der Waals surface area (Å²) in [4.78, 5) is 42.8. The smallest absolute Gasteiger partial charge is 0.245 e. The van der Waals surface area contributed by atoms with Gasteiger partial charge in [0.25, 0.3) is 0 Å². The Balaban J connectivity index is 1.53. The van der Waals surface area contributed by atoms with Gasteiger partial charge in [-0.1, -0.05) is 6.42 Å². The topological polar surface area (TPSA) is 70.2 Å². The van der Waals surface area contributed by atoms with E-state index in [0.29, 0.717) is 52.2 Å². The van der Waals surface area contributed by atoms with E-state index in [1.165, 1.54) is 0 Å². The van der Waals surface area contributed by atoms with Crippen molar-refractivity contribution >= 4 is 17.7 Å². The van der Waals surface area contributed by atoms with Gasteiger partial charge in [-0.2, -0.15) is 0 Å². The molecule has 0 N–H and O–H groups in total. The third-order valence-corrected chi connectivity index (χ3v) is 5.45. The molecule has 0 spiro atoms. The Morgan fingerprint density at radius 1 is 1.00 bits per heavy atom. The number of rotatable bonds is 4. The molecule has 0 radical (unpaired) electrons. The molecule has 3 rings (SSSR count). The highest BCUT2D eigenvalue weighted by molar-refractivity contribution is 5.88. The first kappa shape index (κ1) is 18.2. The maximum Gasteiger partial charge on any atom is 0.245 e. The van der Waals surface area contributed by atoms with E-state index in [2.05, 4.69) is 0 Å². The van der Waals surface area contributed by atoms with Gasteiger partial charge in [-0.3, -0.25) is 14.4 Å². The van der Waals surface area contributed by atoms with Crippen LogP contribution in [0.4, 0.5) is 0 Å². The summed E-state index contributed by atoms with van der Waals surface area (Å²) in [5.41, 5.74) is 0. The van der Waals surface area contributed by atoms with Crippen LogP contribution in [0.2, 0.25) is 0 Å². The Bertz CT molecular complexity index is 505. The number of ether oxygens (including phenoxy) is 1. The Labute approximate surface area is 149 Å². The first-order chi connectivity index (χ1) is 12.2. The minimum Gasteiger partial charge on any atom is -0.378 e. The number of carbonyl (C=O) groups excluding carboxylic acids is 3. The third kappa shape index (κ3) is 4.51. The van der Waals surface area contributed by atoms with Crippen LogP contribution in [0.3, 0.4) is 0 Å². The summed E-state index contributed by atoms with van der Waals surface area (Å²) in [5, 5.41) is 0. The highest BCUT2D eigenvalue weighted by Crippen LogP contribution is 2.21. The summed E-state index contributed by atoms with van der Waals surface area (Å²) >= 11 is 0. The molecule has 25 heavy (non-hydrogen) atoms. The summed E-state index contributed by atoms with van der Waals surface area (Å²) in [6.07, 6.45) is 5.57. The van der Waals surface area contributed by atoms with E-state index >= 15 is 0 Å². The van der Waals surface area contributed by atoms with Crippen molar-refractivity contribution in [2.24, 2.45) is 0 Å². The molecule has 0 saturated carbocycles. The predicted octanol–water partition coefficient (Wildman–Crippen LogP) is 0.629. The largest absolute Gasteiger partial charge is 0.378 e. The molecule has 7 nitrogen and oxygen atoms in total. The summed E-state index contributed by atoms with van der Waals surface area (Å²) in [6.45, 7) is 4.24. The van der Waals surface area contributed by atoms with Gasteiger partial charge in [-0.05, 0) is 25.7 Å². The standard InChI is InChI=1S/C18H29N3O4/c22-16-6-2-1-3-8-19(16)10-7-17(23)21-9-4-5-15(21)18(24)20-11-13-25-14-12-20/h15H,1-14H2/t15-/m0/s1. The zero-order chi connectivity index (χ0) is 17.6. The molecule has 140 valence electrons. The fourth-order valence-electron chi connectivity index (χ4n) is 3.97. The van der Waals surface area contributed by atoms with E-state index in [1.807, 2.05) is 9.80 Å². The number of amides is 3. The maximum absolute atomic E-state index is 12.7. The van der Waals surface area contributed by atoms with E-state index in [-0.39, 0.29) is 23.8 Å². The van der Waals surface area contributed by atoms with E-state index in [0.717, 1.165) is 38.6 Å². The fraction of sp³-hybridized carbons (Fsp3) is 0.833. The molecule has 0 aliphatic carbocycles. The van der Waals surface area contributed by atoms with Crippen molar-refractivity contribution in [2.75, 3.05) is 45.9 Å². The first-order valence-corrected chi connectivity index (χ1v) is 9.60. The SMILES string of the molecule is O=C1CCCCCN1CCC(=O)N1CCC[C@H]1C(=O)N1CCOCC1. The van der Waals surface area contributed by atoms with Crippen LogP contribution in [0.25, 0.3) is 0 Å². The van der Waals surface area contributed by atoms with Crippen LogP contribution in [0, 0.1) is 0 Å². The van der Waals surface area contributed by atoms with Gasteiger partial charge in [0, 0.05) is 45.6 Å². The van der Waals surface area contributed by atoms with Crippen molar-refractivity contribution < 1.29 is 19.1 Å². The first-order valence-electron chi connectivity index (χ1n) is 9.60. The molecule has 7 heteroatoms. The molecule has 0 aromatic rings. The van der Waals surface area contributed by atoms with Gasteiger partial charge in [0.15, 0.2) is 0 Å². The number of hydrogen-bond acceptors (Lipinski definition) is 4. The normalized spacial score (nSPS) is 25.2. The van der Waals surface area contributed by atoms with Crippen molar-refractivity contribution in [1.82, 2.24) is 14.7 Å². The number of morpholine rings is 1. The summed E-state index contributed by atoms with van der Waals surface area (Å²) in [6, 6.07) is -0.328. The lowest BCUT2D eigenvalue weighted by Crippen LogP contribution is -2.51. The Kier molecular flexibility index (Phi) is 6.29. The van der Waals surface area contributed by atoms with Crippen LogP contribution < -0.4 is 0 Å². The lowest BCUT2D eigenvalue weighted by Gasteiger charge is -2.33. The van der Waals surface area contributed by atoms with Crippen molar-refractivity contribution in [1.29, 1.82) is 0 Å². The van der Waals surface area contributed by atoms with Crippen LogP contribution in [0.15, 0.2) is 0 Å². The zero-order valence-corrected chi connectivity index (χ0v) is 15.0. The summed E-state index contributed by atoms with van der Waals surface area (Å²) in [5.74, 6) is 0.217. The van der Waals surface area contributed by atoms with Crippen molar-refractivity contribution in [3.8, 4) is 0 Å². The molecule has 1 atom stereocenters. The van der Waals surface area contributed by atoms with Gasteiger partial charge in [0.2, 0.25) is 17.7 Å². The summed E-state index contributed by atoms with van der Waals surface area (Å²) < 4.78 is 5.30. The molecule has 3 aliphatic rings. The molecular weight excluding hydrogens is 322 g/mol. The number of carbonyl (C=O) groups is 3.